The quantitative estimate of drug-likeness (QED) is 0.680. The summed E-state index contributed by atoms with van der Waals surface area (Å²) in [6.45, 7) is 1.96. The number of benzene rings is 2. The van der Waals surface area contributed by atoms with Crippen molar-refractivity contribution in [3.63, 3.8) is 0 Å². The molecular weight excluding hydrogens is 332 g/mol. The molecule has 0 aliphatic carbocycles. The minimum absolute atomic E-state index is 0.255. The molecule has 0 radical (unpaired) electrons. The Morgan fingerprint density at radius 2 is 2.10 bits per heavy atom. The zero-order valence-electron chi connectivity index (χ0n) is 11.8. The van der Waals surface area contributed by atoms with Crippen LogP contribution in [-0.2, 0) is 0 Å². The molecule has 0 heterocycles. The smallest absolute Gasteiger partial charge is 0.271 e. The molecule has 0 fully saturated rings. The molecular formula is C16H15BrN2O2. The molecule has 0 saturated heterocycles. The number of methoxy groups -OCH3 is 1. The summed E-state index contributed by atoms with van der Waals surface area (Å²) in [5.41, 5.74) is 4.97. The van der Waals surface area contributed by atoms with Crippen LogP contribution in [0.3, 0.4) is 0 Å². The summed E-state index contributed by atoms with van der Waals surface area (Å²) in [6.07, 6.45) is 1.57. The highest BCUT2D eigenvalue weighted by atomic mass is 79.9. The summed E-state index contributed by atoms with van der Waals surface area (Å²) in [6, 6.07) is 12.8. The van der Waals surface area contributed by atoms with Gasteiger partial charge in [0.25, 0.3) is 5.91 Å². The number of hydrazone groups is 1. The summed E-state index contributed by atoms with van der Waals surface area (Å²) < 4.78 is 6.02. The third kappa shape index (κ3) is 4.16. The van der Waals surface area contributed by atoms with Crippen LogP contribution in [0.1, 0.15) is 21.5 Å². The first-order valence-electron chi connectivity index (χ1n) is 6.34. The van der Waals surface area contributed by atoms with Crippen molar-refractivity contribution >= 4 is 28.1 Å². The van der Waals surface area contributed by atoms with Crippen LogP contribution >= 0.6 is 15.9 Å². The highest BCUT2D eigenvalue weighted by Crippen LogP contribution is 2.17. The molecule has 0 aliphatic heterocycles. The fourth-order valence-corrected chi connectivity index (χ4v) is 2.06. The van der Waals surface area contributed by atoms with Crippen LogP contribution in [0, 0.1) is 6.92 Å². The Hall–Kier alpha value is -2.14. The van der Waals surface area contributed by atoms with Gasteiger partial charge < -0.3 is 4.74 Å². The van der Waals surface area contributed by atoms with Crippen molar-refractivity contribution in [3.05, 3.63) is 63.6 Å². The molecule has 21 heavy (non-hydrogen) atoms. The number of aryl methyl sites for hydroxylation is 1. The first-order chi connectivity index (χ1) is 10.1. The van der Waals surface area contributed by atoms with E-state index in [9.17, 15) is 4.79 Å². The van der Waals surface area contributed by atoms with Gasteiger partial charge >= 0.3 is 0 Å². The Bertz CT molecular complexity index is 684. The number of rotatable bonds is 4. The van der Waals surface area contributed by atoms with Crippen molar-refractivity contribution < 1.29 is 9.53 Å². The molecule has 0 saturated carbocycles. The molecule has 0 aliphatic rings. The van der Waals surface area contributed by atoms with E-state index in [-0.39, 0.29) is 5.91 Å². The van der Waals surface area contributed by atoms with E-state index in [4.69, 9.17) is 4.74 Å². The highest BCUT2D eigenvalue weighted by Gasteiger charge is 2.05. The predicted molar refractivity (Wildman–Crippen MR) is 86.9 cm³/mol. The SMILES string of the molecule is COc1cccc(C=NNC(=O)c2ccc(C)c(Br)c2)c1. The standard InChI is InChI=1S/C16H15BrN2O2/c1-11-6-7-13(9-15(11)17)16(20)19-18-10-12-4-3-5-14(8-12)21-2/h3-10H,1-2H3,(H,19,20). The molecule has 2 aromatic carbocycles. The molecule has 2 rings (SSSR count). The summed E-state index contributed by atoms with van der Waals surface area (Å²) in [4.78, 5) is 12.0. The normalized spacial score (nSPS) is 10.6. The van der Waals surface area contributed by atoms with Crippen LogP contribution < -0.4 is 10.2 Å². The van der Waals surface area contributed by atoms with Crippen LogP contribution in [0.15, 0.2) is 52.0 Å². The van der Waals surface area contributed by atoms with Crippen molar-refractivity contribution in [3.8, 4) is 5.75 Å². The number of nitrogens with zero attached hydrogens (tertiary/aromatic N) is 1. The Labute approximate surface area is 132 Å². The maximum atomic E-state index is 12.0. The molecule has 4 nitrogen and oxygen atoms in total. The van der Waals surface area contributed by atoms with Gasteiger partial charge in [-0.15, -0.1) is 0 Å². The first kappa shape index (κ1) is 15.3. The van der Waals surface area contributed by atoms with Gasteiger partial charge in [-0.1, -0.05) is 34.1 Å². The number of hydrogen-bond donors (Lipinski definition) is 1. The van der Waals surface area contributed by atoms with Gasteiger partial charge in [0.2, 0.25) is 0 Å². The Balaban J connectivity index is 2.02. The van der Waals surface area contributed by atoms with Gasteiger partial charge in [0.05, 0.1) is 13.3 Å². The Morgan fingerprint density at radius 3 is 2.81 bits per heavy atom. The molecule has 1 N–H and O–H groups in total. The lowest BCUT2D eigenvalue weighted by Crippen LogP contribution is -2.17. The van der Waals surface area contributed by atoms with Gasteiger partial charge in [-0.2, -0.15) is 5.10 Å². The van der Waals surface area contributed by atoms with Crippen LogP contribution in [0.4, 0.5) is 0 Å². The second-order valence-corrected chi connectivity index (χ2v) is 5.29. The number of hydrogen-bond acceptors (Lipinski definition) is 3. The molecule has 0 bridgehead atoms. The zero-order chi connectivity index (χ0) is 15.2. The van der Waals surface area contributed by atoms with E-state index >= 15 is 0 Å². The van der Waals surface area contributed by atoms with Crippen LogP contribution in [-0.4, -0.2) is 19.2 Å². The van der Waals surface area contributed by atoms with Crippen molar-refractivity contribution in [2.75, 3.05) is 7.11 Å². The third-order valence-electron chi connectivity index (χ3n) is 2.91. The maximum Gasteiger partial charge on any atom is 0.271 e. The number of nitrogens with one attached hydrogen (secondary N) is 1. The summed E-state index contributed by atoms with van der Waals surface area (Å²) in [7, 11) is 1.60. The van der Waals surface area contributed by atoms with E-state index in [1.54, 1.807) is 25.5 Å². The Kier molecular flexibility index (Phi) is 5.11. The highest BCUT2D eigenvalue weighted by molar-refractivity contribution is 9.10. The molecule has 0 spiro atoms. The number of ether oxygens (including phenoxy) is 1. The van der Waals surface area contributed by atoms with Gasteiger partial charge in [0.1, 0.15) is 5.75 Å². The third-order valence-corrected chi connectivity index (χ3v) is 3.76. The molecule has 2 aromatic rings. The average Bonchev–Trinajstić information content (AvgIpc) is 2.50. The number of amides is 1. The molecule has 0 aromatic heterocycles. The van der Waals surface area contributed by atoms with Crippen molar-refractivity contribution in [2.45, 2.75) is 6.92 Å². The van der Waals surface area contributed by atoms with E-state index < -0.39 is 0 Å². The van der Waals surface area contributed by atoms with Crippen molar-refractivity contribution in [1.82, 2.24) is 5.43 Å². The topological polar surface area (TPSA) is 50.7 Å². The van der Waals surface area contributed by atoms with E-state index in [0.29, 0.717) is 5.56 Å². The molecule has 1 amide bonds. The van der Waals surface area contributed by atoms with Gasteiger partial charge in [-0.3, -0.25) is 4.79 Å². The summed E-state index contributed by atoms with van der Waals surface area (Å²) >= 11 is 3.40. The van der Waals surface area contributed by atoms with E-state index in [1.165, 1.54) is 0 Å². The zero-order valence-corrected chi connectivity index (χ0v) is 13.3. The number of halogens is 1. The first-order valence-corrected chi connectivity index (χ1v) is 7.13. The van der Waals surface area contributed by atoms with Crippen LogP contribution in [0.5, 0.6) is 5.75 Å². The average molecular weight is 347 g/mol. The second kappa shape index (κ2) is 7.04. The molecule has 108 valence electrons. The lowest BCUT2D eigenvalue weighted by Gasteiger charge is -2.03. The monoisotopic (exact) mass is 346 g/mol. The number of carbonyl (C=O) groups is 1. The van der Waals surface area contributed by atoms with Gasteiger partial charge in [-0.05, 0) is 42.3 Å². The summed E-state index contributed by atoms with van der Waals surface area (Å²) in [5, 5.41) is 3.95. The minimum Gasteiger partial charge on any atom is -0.497 e. The van der Waals surface area contributed by atoms with Crippen LogP contribution in [0.2, 0.25) is 0 Å². The minimum atomic E-state index is -0.255. The maximum absolute atomic E-state index is 12.0. The van der Waals surface area contributed by atoms with E-state index in [2.05, 4.69) is 26.5 Å². The van der Waals surface area contributed by atoms with E-state index in [1.807, 2.05) is 37.3 Å². The molecule has 0 unspecified atom stereocenters. The fourth-order valence-electron chi connectivity index (χ4n) is 1.69. The van der Waals surface area contributed by atoms with Gasteiger partial charge in [0.15, 0.2) is 0 Å². The predicted octanol–water partition coefficient (Wildman–Crippen LogP) is 3.53. The summed E-state index contributed by atoms with van der Waals surface area (Å²) in [5.74, 6) is 0.489. The second-order valence-electron chi connectivity index (χ2n) is 4.44. The van der Waals surface area contributed by atoms with E-state index in [0.717, 1.165) is 21.3 Å². The molecule has 5 heteroatoms. The van der Waals surface area contributed by atoms with Crippen LogP contribution in [0.25, 0.3) is 0 Å². The van der Waals surface area contributed by atoms with Gasteiger partial charge in [0, 0.05) is 10.0 Å². The fraction of sp³-hybridized carbons (Fsp3) is 0.125. The largest absolute Gasteiger partial charge is 0.497 e. The van der Waals surface area contributed by atoms with Crippen molar-refractivity contribution in [2.24, 2.45) is 5.10 Å². The lowest BCUT2D eigenvalue weighted by molar-refractivity contribution is 0.0955. The van der Waals surface area contributed by atoms with Gasteiger partial charge in [-0.25, -0.2) is 5.43 Å². The molecule has 0 atom stereocenters. The van der Waals surface area contributed by atoms with Crippen molar-refractivity contribution in [1.29, 1.82) is 0 Å². The number of carbonyl (C=O) groups excluding carboxylic acids is 1. The lowest BCUT2D eigenvalue weighted by atomic mass is 10.1. The Morgan fingerprint density at radius 1 is 1.29 bits per heavy atom.